The van der Waals surface area contributed by atoms with Crippen molar-refractivity contribution in [3.8, 4) is 17.2 Å². The van der Waals surface area contributed by atoms with Crippen LogP contribution in [0.1, 0.15) is 33.1 Å². The molecule has 0 unspecified atom stereocenters. The van der Waals surface area contributed by atoms with Crippen LogP contribution in [0.2, 0.25) is 0 Å². The first-order valence-electron chi connectivity index (χ1n) is 13.2. The van der Waals surface area contributed by atoms with E-state index in [1.54, 1.807) is 23.8 Å². The summed E-state index contributed by atoms with van der Waals surface area (Å²) in [5, 5.41) is 0.497. The molecule has 1 fully saturated rings. The largest absolute Gasteiger partial charge is 0.497 e. The molecule has 0 bridgehead atoms. The molecule has 0 aliphatic carbocycles. The quantitative estimate of drug-likeness (QED) is 0.285. The van der Waals surface area contributed by atoms with E-state index < -0.39 is 0 Å². The lowest BCUT2D eigenvalue weighted by atomic mass is 10.2. The van der Waals surface area contributed by atoms with Gasteiger partial charge in [0.05, 0.1) is 31.2 Å². The van der Waals surface area contributed by atoms with Gasteiger partial charge in [-0.25, -0.2) is 0 Å². The Hall–Kier alpha value is -3.53. The first-order chi connectivity index (χ1) is 18.4. The number of nitrogens with zero attached hydrogens (tertiary/aromatic N) is 3. The Bertz CT molecular complexity index is 1360. The highest BCUT2D eigenvalue weighted by atomic mass is 32.1. The highest BCUT2D eigenvalue weighted by molar-refractivity contribution is 7.71. The summed E-state index contributed by atoms with van der Waals surface area (Å²) < 4.78 is 18.5. The summed E-state index contributed by atoms with van der Waals surface area (Å²) in [4.78, 5) is 33.4. The molecule has 0 atom stereocenters. The van der Waals surface area contributed by atoms with E-state index in [2.05, 4.69) is 9.88 Å². The van der Waals surface area contributed by atoms with Crippen LogP contribution in [0.25, 0.3) is 10.9 Å². The van der Waals surface area contributed by atoms with Crippen LogP contribution in [0.4, 0.5) is 5.69 Å². The highest BCUT2D eigenvalue weighted by Gasteiger charge is 2.21. The minimum absolute atomic E-state index is 0.153. The number of H-pyrrole nitrogens is 1. The van der Waals surface area contributed by atoms with Gasteiger partial charge in [0.2, 0.25) is 5.91 Å². The van der Waals surface area contributed by atoms with Gasteiger partial charge in [0, 0.05) is 50.9 Å². The summed E-state index contributed by atoms with van der Waals surface area (Å²) >= 11 is 5.48. The Balaban J connectivity index is 1.31. The van der Waals surface area contributed by atoms with E-state index >= 15 is 0 Å². The summed E-state index contributed by atoms with van der Waals surface area (Å²) in [5.41, 5.74) is 1.58. The van der Waals surface area contributed by atoms with Crippen LogP contribution < -0.4 is 24.7 Å². The van der Waals surface area contributed by atoms with Crippen molar-refractivity contribution in [2.75, 3.05) is 51.4 Å². The van der Waals surface area contributed by atoms with Gasteiger partial charge in [0.25, 0.3) is 5.56 Å². The Morgan fingerprint density at radius 3 is 2.26 bits per heavy atom. The van der Waals surface area contributed by atoms with Crippen LogP contribution in [0.15, 0.2) is 41.2 Å². The molecule has 2 aromatic carbocycles. The third kappa shape index (κ3) is 6.30. The molecule has 3 aromatic rings. The third-order valence-corrected chi connectivity index (χ3v) is 7.06. The van der Waals surface area contributed by atoms with Crippen molar-refractivity contribution in [3.63, 3.8) is 0 Å². The molecule has 1 saturated heterocycles. The molecule has 9 nitrogen and oxygen atoms in total. The number of amides is 1. The molecule has 204 valence electrons. The van der Waals surface area contributed by atoms with Crippen LogP contribution in [-0.4, -0.2) is 66.9 Å². The van der Waals surface area contributed by atoms with Gasteiger partial charge in [-0.2, -0.15) is 0 Å². The zero-order valence-corrected chi connectivity index (χ0v) is 23.1. The lowest BCUT2D eigenvalue weighted by Gasteiger charge is -2.36. The standard InChI is InChI=1S/C28H36N4O5S/c1-4-36-24-18-22-23(19-25(24)37-5-2)29-28(38)32(27(22)34)13-7-6-8-26(33)31-16-14-30(15-17-31)20-9-11-21(35-3)12-10-20/h9-12,18-19H,4-8,13-17H2,1-3H3,(H,29,38). The third-order valence-electron chi connectivity index (χ3n) is 6.74. The number of hydrogen-bond donors (Lipinski definition) is 1. The smallest absolute Gasteiger partial charge is 0.262 e. The fraction of sp³-hybridized carbons (Fsp3) is 0.464. The van der Waals surface area contributed by atoms with E-state index in [1.165, 1.54) is 0 Å². The number of rotatable bonds is 11. The van der Waals surface area contributed by atoms with Crippen LogP contribution in [-0.2, 0) is 11.3 Å². The van der Waals surface area contributed by atoms with Crippen LogP contribution >= 0.6 is 12.2 Å². The summed E-state index contributed by atoms with van der Waals surface area (Å²) in [6, 6.07) is 11.5. The Morgan fingerprint density at radius 2 is 1.63 bits per heavy atom. The maximum atomic E-state index is 13.2. The van der Waals surface area contributed by atoms with Crippen molar-refractivity contribution in [2.24, 2.45) is 0 Å². The second-order valence-corrected chi connectivity index (χ2v) is 9.51. The summed E-state index contributed by atoms with van der Waals surface area (Å²) in [6.07, 6.45) is 1.81. The van der Waals surface area contributed by atoms with Gasteiger partial charge in [-0.1, -0.05) is 0 Å². The van der Waals surface area contributed by atoms with Crippen LogP contribution in [0.3, 0.4) is 0 Å². The Labute approximate surface area is 227 Å². The van der Waals surface area contributed by atoms with E-state index in [9.17, 15) is 9.59 Å². The number of methoxy groups -OCH3 is 1. The number of carbonyl (C=O) groups excluding carboxylic acids is 1. The van der Waals surface area contributed by atoms with Gasteiger partial charge in [-0.15, -0.1) is 0 Å². The van der Waals surface area contributed by atoms with Crippen LogP contribution in [0.5, 0.6) is 17.2 Å². The predicted octanol–water partition coefficient (Wildman–Crippen LogP) is 4.38. The Kier molecular flexibility index (Phi) is 9.28. The monoisotopic (exact) mass is 540 g/mol. The molecule has 0 radical (unpaired) electrons. The summed E-state index contributed by atoms with van der Waals surface area (Å²) in [7, 11) is 1.66. The predicted molar refractivity (Wildman–Crippen MR) is 151 cm³/mol. The molecule has 1 N–H and O–H groups in total. The van der Waals surface area contributed by atoms with Crippen molar-refractivity contribution in [1.29, 1.82) is 0 Å². The molecule has 1 aromatic heterocycles. The van der Waals surface area contributed by atoms with Gasteiger partial charge in [0.1, 0.15) is 5.75 Å². The molecule has 4 rings (SSSR count). The second-order valence-electron chi connectivity index (χ2n) is 9.12. The van der Waals surface area contributed by atoms with E-state index in [0.29, 0.717) is 79.3 Å². The number of piperazine rings is 1. The first-order valence-corrected chi connectivity index (χ1v) is 13.6. The fourth-order valence-corrected chi connectivity index (χ4v) is 5.00. The molecule has 0 spiro atoms. The van der Waals surface area contributed by atoms with Crippen molar-refractivity contribution < 1.29 is 19.0 Å². The van der Waals surface area contributed by atoms with Crippen molar-refractivity contribution in [3.05, 3.63) is 51.5 Å². The average Bonchev–Trinajstić information content (AvgIpc) is 2.93. The number of aromatic amines is 1. The van der Waals surface area contributed by atoms with E-state index in [-0.39, 0.29) is 11.5 Å². The summed E-state index contributed by atoms with van der Waals surface area (Å²) in [6.45, 7) is 8.18. The van der Waals surface area contributed by atoms with Gasteiger partial charge < -0.3 is 29.0 Å². The number of unbranched alkanes of at least 4 members (excludes halogenated alkanes) is 1. The van der Waals surface area contributed by atoms with Crippen molar-refractivity contribution in [1.82, 2.24) is 14.5 Å². The number of hydrogen-bond acceptors (Lipinski definition) is 7. The fourth-order valence-electron chi connectivity index (χ4n) is 4.71. The SMILES string of the molecule is CCOc1cc2[nH]c(=S)n(CCCCC(=O)N3CCN(c4ccc(OC)cc4)CC3)c(=O)c2cc1OCC. The highest BCUT2D eigenvalue weighted by Crippen LogP contribution is 2.31. The molecule has 0 saturated carbocycles. The van der Waals surface area contributed by atoms with Gasteiger partial charge in [-0.3, -0.25) is 14.2 Å². The van der Waals surface area contributed by atoms with Crippen molar-refractivity contribution in [2.45, 2.75) is 39.7 Å². The number of nitrogens with one attached hydrogen (secondary N) is 1. The molecule has 1 amide bonds. The average molecular weight is 541 g/mol. The normalized spacial score (nSPS) is 13.6. The maximum absolute atomic E-state index is 13.2. The number of ether oxygens (including phenoxy) is 3. The van der Waals surface area contributed by atoms with E-state index in [4.69, 9.17) is 26.4 Å². The first kappa shape index (κ1) is 27.5. The molecule has 1 aliphatic heterocycles. The topological polar surface area (TPSA) is 89.0 Å². The number of carbonyl (C=O) groups is 1. The van der Waals surface area contributed by atoms with Gasteiger partial charge in [-0.05, 0) is 69.2 Å². The number of benzene rings is 2. The number of fused-ring (bicyclic) bond motifs is 1. The molecule has 2 heterocycles. The molecular formula is C28H36N4O5S. The molecule has 38 heavy (non-hydrogen) atoms. The van der Waals surface area contributed by atoms with E-state index in [0.717, 1.165) is 24.5 Å². The van der Waals surface area contributed by atoms with Gasteiger partial charge >= 0.3 is 0 Å². The number of aromatic nitrogens is 2. The minimum Gasteiger partial charge on any atom is -0.497 e. The number of anilines is 1. The zero-order chi connectivity index (χ0) is 27.1. The van der Waals surface area contributed by atoms with Crippen LogP contribution in [0, 0.1) is 4.77 Å². The van der Waals surface area contributed by atoms with Crippen molar-refractivity contribution >= 4 is 34.7 Å². The molecule has 10 heteroatoms. The van der Waals surface area contributed by atoms with Gasteiger partial charge in [0.15, 0.2) is 16.3 Å². The zero-order valence-electron chi connectivity index (χ0n) is 22.3. The Morgan fingerprint density at radius 1 is 0.974 bits per heavy atom. The maximum Gasteiger partial charge on any atom is 0.262 e. The molecule has 1 aliphatic rings. The minimum atomic E-state index is -0.172. The van der Waals surface area contributed by atoms with E-state index in [1.807, 2.05) is 43.0 Å². The summed E-state index contributed by atoms with van der Waals surface area (Å²) in [5.74, 6) is 2.10. The molecular weight excluding hydrogens is 504 g/mol. The lowest BCUT2D eigenvalue weighted by molar-refractivity contribution is -0.131. The lowest BCUT2D eigenvalue weighted by Crippen LogP contribution is -2.48. The second kappa shape index (κ2) is 12.8.